The fourth-order valence-electron chi connectivity index (χ4n) is 3.60. The molecular formula is C27H21BrN6O2. The maximum atomic E-state index is 13.0. The first-order chi connectivity index (χ1) is 17.4. The van der Waals surface area contributed by atoms with E-state index in [1.165, 1.54) is 6.33 Å². The minimum atomic E-state index is -0.267. The van der Waals surface area contributed by atoms with E-state index in [1.807, 2.05) is 49.4 Å². The fourth-order valence-corrected chi connectivity index (χ4v) is 4.00. The molecule has 3 aromatic carbocycles. The molecule has 1 amide bonds. The van der Waals surface area contributed by atoms with Crippen LogP contribution in [0.2, 0.25) is 0 Å². The number of halogens is 1. The molecule has 2 heterocycles. The van der Waals surface area contributed by atoms with Crippen LogP contribution < -0.4 is 21.1 Å². The van der Waals surface area contributed by atoms with E-state index < -0.39 is 0 Å². The summed E-state index contributed by atoms with van der Waals surface area (Å²) < 4.78 is 6.99. The van der Waals surface area contributed by atoms with Gasteiger partial charge in [-0.05, 0) is 67.6 Å². The molecule has 36 heavy (non-hydrogen) atoms. The molecule has 0 radical (unpaired) electrons. The Labute approximate surface area is 215 Å². The first-order valence-corrected chi connectivity index (χ1v) is 11.8. The number of ether oxygens (including phenoxy) is 1. The average molecular weight is 541 g/mol. The zero-order valence-electron chi connectivity index (χ0n) is 19.2. The van der Waals surface area contributed by atoms with Crippen LogP contribution in [0.1, 0.15) is 16.1 Å². The number of amides is 1. The Bertz CT molecular complexity index is 1590. The number of pyridine rings is 1. The number of fused-ring (bicyclic) bond motifs is 1. The fraction of sp³-hybridized carbons (Fsp3) is 0.0370. The SMILES string of the molecule is Cc1ccc2c(Nc3cc(C(=O)Nc4cccc(Br)c4)ccc3Oc3cccc(N)c3)ncnc2n1. The van der Waals surface area contributed by atoms with Crippen molar-refractivity contribution in [2.75, 3.05) is 16.4 Å². The van der Waals surface area contributed by atoms with Gasteiger partial charge in [-0.25, -0.2) is 15.0 Å². The van der Waals surface area contributed by atoms with Crippen LogP contribution in [0.4, 0.5) is 22.9 Å². The number of carbonyl (C=O) groups is 1. The van der Waals surface area contributed by atoms with Crippen molar-refractivity contribution in [1.82, 2.24) is 15.0 Å². The molecule has 0 aliphatic rings. The quantitative estimate of drug-likeness (QED) is 0.211. The van der Waals surface area contributed by atoms with E-state index in [-0.39, 0.29) is 5.91 Å². The van der Waals surface area contributed by atoms with Gasteiger partial charge < -0.3 is 21.1 Å². The second-order valence-corrected chi connectivity index (χ2v) is 8.94. The van der Waals surface area contributed by atoms with E-state index in [9.17, 15) is 4.79 Å². The normalized spacial score (nSPS) is 10.7. The lowest BCUT2D eigenvalue weighted by molar-refractivity contribution is 0.102. The first-order valence-electron chi connectivity index (χ1n) is 11.0. The molecule has 2 aromatic heterocycles. The highest BCUT2D eigenvalue weighted by molar-refractivity contribution is 9.10. The van der Waals surface area contributed by atoms with Crippen molar-refractivity contribution in [3.8, 4) is 11.5 Å². The molecule has 178 valence electrons. The molecule has 0 saturated heterocycles. The molecule has 9 heteroatoms. The Morgan fingerprint density at radius 3 is 2.67 bits per heavy atom. The minimum absolute atomic E-state index is 0.267. The number of rotatable bonds is 6. The molecule has 0 bridgehead atoms. The van der Waals surface area contributed by atoms with E-state index in [0.717, 1.165) is 15.6 Å². The van der Waals surface area contributed by atoms with Crippen LogP contribution in [0, 0.1) is 6.92 Å². The Balaban J connectivity index is 1.52. The summed E-state index contributed by atoms with van der Waals surface area (Å²) in [5.74, 6) is 1.33. The lowest BCUT2D eigenvalue weighted by Crippen LogP contribution is -2.12. The second-order valence-electron chi connectivity index (χ2n) is 8.02. The summed E-state index contributed by atoms with van der Waals surface area (Å²) in [6, 6.07) is 23.5. The number of nitrogens with one attached hydrogen (secondary N) is 2. The zero-order valence-corrected chi connectivity index (χ0v) is 20.8. The smallest absolute Gasteiger partial charge is 0.255 e. The van der Waals surface area contributed by atoms with Crippen molar-refractivity contribution in [3.63, 3.8) is 0 Å². The van der Waals surface area contributed by atoms with Crippen molar-refractivity contribution in [2.24, 2.45) is 0 Å². The van der Waals surface area contributed by atoms with Crippen molar-refractivity contribution >= 4 is 55.8 Å². The highest BCUT2D eigenvalue weighted by atomic mass is 79.9. The van der Waals surface area contributed by atoms with Crippen LogP contribution in [-0.2, 0) is 0 Å². The largest absolute Gasteiger partial charge is 0.455 e. The first kappa shape index (κ1) is 23.3. The molecule has 0 atom stereocenters. The molecule has 4 N–H and O–H groups in total. The summed E-state index contributed by atoms with van der Waals surface area (Å²) in [5, 5.41) is 6.95. The van der Waals surface area contributed by atoms with Gasteiger partial charge in [-0.1, -0.05) is 28.1 Å². The summed E-state index contributed by atoms with van der Waals surface area (Å²) in [6.45, 7) is 1.90. The van der Waals surface area contributed by atoms with Crippen molar-refractivity contribution in [3.05, 3.63) is 101 Å². The number of aromatic nitrogens is 3. The van der Waals surface area contributed by atoms with Gasteiger partial charge in [0.05, 0.1) is 11.1 Å². The number of nitrogens with two attached hydrogens (primary N) is 1. The zero-order chi connectivity index (χ0) is 25.1. The highest BCUT2D eigenvalue weighted by Gasteiger charge is 2.15. The van der Waals surface area contributed by atoms with Crippen LogP contribution in [0.5, 0.6) is 11.5 Å². The summed E-state index contributed by atoms with van der Waals surface area (Å²) in [7, 11) is 0. The number of nitrogen functional groups attached to an aromatic ring is 1. The van der Waals surface area contributed by atoms with Crippen LogP contribution in [0.25, 0.3) is 11.0 Å². The van der Waals surface area contributed by atoms with Gasteiger partial charge in [-0.3, -0.25) is 4.79 Å². The lowest BCUT2D eigenvalue weighted by atomic mass is 10.1. The maximum Gasteiger partial charge on any atom is 0.255 e. The molecule has 0 fully saturated rings. The topological polar surface area (TPSA) is 115 Å². The number of hydrogen-bond acceptors (Lipinski definition) is 7. The van der Waals surface area contributed by atoms with Gasteiger partial charge in [-0.2, -0.15) is 0 Å². The average Bonchev–Trinajstić information content (AvgIpc) is 2.85. The van der Waals surface area contributed by atoms with Gasteiger partial charge >= 0.3 is 0 Å². The summed E-state index contributed by atoms with van der Waals surface area (Å²) in [6.07, 6.45) is 1.44. The van der Waals surface area contributed by atoms with Crippen LogP contribution >= 0.6 is 15.9 Å². The van der Waals surface area contributed by atoms with E-state index in [2.05, 4.69) is 41.5 Å². The van der Waals surface area contributed by atoms with Crippen molar-refractivity contribution in [1.29, 1.82) is 0 Å². The van der Waals surface area contributed by atoms with Gasteiger partial charge in [0.1, 0.15) is 17.9 Å². The third-order valence-electron chi connectivity index (χ3n) is 5.30. The highest BCUT2D eigenvalue weighted by Crippen LogP contribution is 2.34. The molecule has 0 aliphatic heterocycles. The predicted octanol–water partition coefficient (Wildman–Crippen LogP) is 6.47. The Hall–Kier alpha value is -4.50. The molecule has 8 nitrogen and oxygen atoms in total. The molecule has 0 aliphatic carbocycles. The predicted molar refractivity (Wildman–Crippen MR) is 145 cm³/mol. The van der Waals surface area contributed by atoms with Crippen molar-refractivity contribution in [2.45, 2.75) is 6.92 Å². The second kappa shape index (κ2) is 10.0. The summed E-state index contributed by atoms with van der Waals surface area (Å²) in [4.78, 5) is 26.2. The van der Waals surface area contributed by atoms with Crippen LogP contribution in [0.3, 0.4) is 0 Å². The van der Waals surface area contributed by atoms with Gasteiger partial charge in [0.25, 0.3) is 5.91 Å². The number of anilines is 4. The summed E-state index contributed by atoms with van der Waals surface area (Å²) >= 11 is 3.42. The minimum Gasteiger partial charge on any atom is -0.455 e. The monoisotopic (exact) mass is 540 g/mol. The third kappa shape index (κ3) is 5.26. The van der Waals surface area contributed by atoms with E-state index in [4.69, 9.17) is 10.5 Å². The molecule has 5 rings (SSSR count). The van der Waals surface area contributed by atoms with Gasteiger partial charge in [0, 0.05) is 33.2 Å². The number of hydrogen-bond donors (Lipinski definition) is 3. The Kier molecular flexibility index (Phi) is 6.46. The number of aryl methyl sites for hydroxylation is 1. The van der Waals surface area contributed by atoms with Gasteiger partial charge in [-0.15, -0.1) is 0 Å². The molecular weight excluding hydrogens is 520 g/mol. The standard InChI is InChI=1S/C27H21BrN6O2/c1-16-8-10-22-25(32-16)30-15-31-26(22)34-23-12-17(27(35)33-20-6-2-4-18(28)13-20)9-11-24(23)36-21-7-3-5-19(29)14-21/h2-15H,29H2,1H3,(H,33,35)(H,30,31,32,34). The van der Waals surface area contributed by atoms with E-state index in [0.29, 0.717) is 45.6 Å². The third-order valence-corrected chi connectivity index (χ3v) is 5.79. The maximum absolute atomic E-state index is 13.0. The van der Waals surface area contributed by atoms with Crippen molar-refractivity contribution < 1.29 is 9.53 Å². The molecule has 5 aromatic rings. The number of carbonyl (C=O) groups excluding carboxylic acids is 1. The molecule has 0 spiro atoms. The summed E-state index contributed by atoms with van der Waals surface area (Å²) in [5.41, 5.74) is 9.56. The van der Waals surface area contributed by atoms with Crippen LogP contribution in [0.15, 0.2) is 89.7 Å². The molecule has 0 unspecified atom stereocenters. The Morgan fingerprint density at radius 2 is 1.83 bits per heavy atom. The van der Waals surface area contributed by atoms with E-state index >= 15 is 0 Å². The number of nitrogens with zero attached hydrogens (tertiary/aromatic N) is 3. The van der Waals surface area contributed by atoms with Gasteiger partial charge in [0.15, 0.2) is 11.4 Å². The molecule has 0 saturated carbocycles. The van der Waals surface area contributed by atoms with Crippen LogP contribution in [-0.4, -0.2) is 20.9 Å². The Morgan fingerprint density at radius 1 is 0.972 bits per heavy atom. The van der Waals surface area contributed by atoms with Gasteiger partial charge in [0.2, 0.25) is 0 Å². The lowest BCUT2D eigenvalue weighted by Gasteiger charge is -2.15. The number of benzene rings is 3. The van der Waals surface area contributed by atoms with E-state index in [1.54, 1.807) is 36.4 Å².